The first-order valence-corrected chi connectivity index (χ1v) is 14.3. The van der Waals surface area contributed by atoms with Crippen LogP contribution in [0.25, 0.3) is 74.2 Å². The Morgan fingerprint density at radius 3 is 2.35 bits per heavy atom. The van der Waals surface area contributed by atoms with Crippen LogP contribution in [0.1, 0.15) is 0 Å². The molecule has 3 aromatic heterocycles. The molecule has 1 N–H and O–H groups in total. The predicted molar refractivity (Wildman–Crippen MR) is 165 cm³/mol. The number of phenolic OH excluding ortho intramolecular Hbond substituents is 1. The van der Waals surface area contributed by atoms with Crippen LogP contribution in [0.4, 0.5) is 0 Å². The van der Waals surface area contributed by atoms with Gasteiger partial charge in [-0.2, -0.15) is 0 Å². The Morgan fingerprint density at radius 2 is 1.48 bits per heavy atom. The van der Waals surface area contributed by atoms with Crippen LogP contribution >= 0.6 is 22.7 Å². The molecule has 0 aliphatic heterocycles. The van der Waals surface area contributed by atoms with Gasteiger partial charge in [0.1, 0.15) is 10.8 Å². The van der Waals surface area contributed by atoms with Crippen molar-refractivity contribution in [2.45, 2.75) is 0 Å². The summed E-state index contributed by atoms with van der Waals surface area (Å²) in [5, 5.41) is 16.2. The summed E-state index contributed by atoms with van der Waals surface area (Å²) in [7, 11) is 0. The van der Waals surface area contributed by atoms with Crippen molar-refractivity contribution in [1.82, 2.24) is 9.97 Å². The van der Waals surface area contributed by atoms with Gasteiger partial charge in [0, 0.05) is 47.1 Å². The largest absolute Gasteiger partial charge is 0.507 e. The van der Waals surface area contributed by atoms with Gasteiger partial charge in [0.15, 0.2) is 0 Å². The van der Waals surface area contributed by atoms with Gasteiger partial charge in [-0.3, -0.25) is 4.98 Å². The van der Waals surface area contributed by atoms with E-state index >= 15 is 0 Å². The van der Waals surface area contributed by atoms with Gasteiger partial charge < -0.3 is 5.11 Å². The Kier molecular flexibility index (Phi) is 6.24. The molecule has 0 atom stereocenters. The van der Waals surface area contributed by atoms with E-state index in [0.29, 0.717) is 0 Å². The van der Waals surface area contributed by atoms with Crippen molar-refractivity contribution >= 4 is 63.8 Å². The van der Waals surface area contributed by atoms with E-state index in [-0.39, 0.29) is 26.8 Å². The van der Waals surface area contributed by atoms with E-state index in [1.807, 2.05) is 36.4 Å². The first-order valence-electron chi connectivity index (χ1n) is 12.6. The number of pyridine rings is 1. The number of benzene rings is 5. The minimum atomic E-state index is 0. The van der Waals surface area contributed by atoms with Gasteiger partial charge in [-0.05, 0) is 40.4 Å². The summed E-state index contributed by atoms with van der Waals surface area (Å²) in [6.07, 6.45) is 0. The molecule has 0 aliphatic rings. The number of aromatic nitrogens is 2. The molecule has 0 amide bonds. The Labute approximate surface area is 252 Å². The fraction of sp³-hybridized carbons (Fsp3) is 0. The number of fused-ring (bicyclic) bond motifs is 6. The third-order valence-electron chi connectivity index (χ3n) is 7.14. The van der Waals surface area contributed by atoms with Gasteiger partial charge >= 0.3 is 0 Å². The van der Waals surface area contributed by atoms with Crippen molar-refractivity contribution in [3.05, 3.63) is 115 Å². The summed E-state index contributed by atoms with van der Waals surface area (Å²) in [5.41, 5.74) is 5.39. The fourth-order valence-electron chi connectivity index (χ4n) is 5.29. The van der Waals surface area contributed by atoms with Gasteiger partial charge in [-0.25, -0.2) is 4.98 Å². The molecule has 0 saturated carbocycles. The molecule has 5 aromatic carbocycles. The predicted octanol–water partition coefficient (Wildman–Crippen LogP) is 9.72. The van der Waals surface area contributed by atoms with Crippen LogP contribution in [0.3, 0.4) is 0 Å². The SMILES string of the molecule is Oc1ccccc1-c1nc2c(-c3cc4c(sc5c6ccccc6ccc45)c(-c4[c-]cccc4)n3)cccc2s1.[Pt]. The molecule has 0 aliphatic carbocycles. The topological polar surface area (TPSA) is 46.0 Å². The zero-order valence-electron chi connectivity index (χ0n) is 20.9. The second-order valence-electron chi connectivity index (χ2n) is 9.46. The number of thiophene rings is 1. The monoisotopic (exact) mass is 730 g/mol. The quantitative estimate of drug-likeness (QED) is 0.184. The van der Waals surface area contributed by atoms with Gasteiger partial charge in [-0.15, -0.1) is 58.6 Å². The van der Waals surface area contributed by atoms with E-state index in [0.717, 1.165) is 48.0 Å². The summed E-state index contributed by atoms with van der Waals surface area (Å²) in [6.45, 7) is 0. The van der Waals surface area contributed by atoms with Crippen molar-refractivity contribution in [3.8, 4) is 38.8 Å². The minimum absolute atomic E-state index is 0. The first kappa shape index (κ1) is 25.1. The summed E-state index contributed by atoms with van der Waals surface area (Å²) in [6, 6.07) is 40.2. The maximum absolute atomic E-state index is 10.5. The Bertz CT molecular complexity index is 2200. The number of thiazole rings is 1. The van der Waals surface area contributed by atoms with Crippen LogP contribution in [-0.2, 0) is 21.1 Å². The molecule has 0 fully saturated rings. The van der Waals surface area contributed by atoms with Crippen molar-refractivity contribution < 1.29 is 26.2 Å². The van der Waals surface area contributed by atoms with Crippen molar-refractivity contribution in [2.75, 3.05) is 0 Å². The van der Waals surface area contributed by atoms with E-state index in [2.05, 4.69) is 72.8 Å². The Morgan fingerprint density at radius 1 is 0.650 bits per heavy atom. The van der Waals surface area contributed by atoms with Crippen LogP contribution in [0.15, 0.2) is 109 Å². The van der Waals surface area contributed by atoms with Crippen LogP contribution in [0.5, 0.6) is 5.75 Å². The van der Waals surface area contributed by atoms with E-state index in [9.17, 15) is 5.11 Å². The molecule has 0 spiro atoms. The maximum atomic E-state index is 10.5. The summed E-state index contributed by atoms with van der Waals surface area (Å²) >= 11 is 3.38. The standard InChI is InChI=1S/C34H19N2OS2.Pt/c37-28-15-7-6-13-25(28)34-36-31-24(14-8-16-29(31)38-34)27-19-26-23-18-17-20-9-4-5-12-22(20)32(23)39-33(26)30(35-27)21-10-2-1-3-11-21;/h1-10,12-19,37H;/q-1;. The van der Waals surface area contributed by atoms with Gasteiger partial charge in [0.2, 0.25) is 0 Å². The van der Waals surface area contributed by atoms with Crippen molar-refractivity contribution in [1.29, 1.82) is 0 Å². The van der Waals surface area contributed by atoms with E-state index in [4.69, 9.17) is 9.97 Å². The number of nitrogens with zero attached hydrogens (tertiary/aromatic N) is 2. The molecule has 40 heavy (non-hydrogen) atoms. The number of phenols is 1. The van der Waals surface area contributed by atoms with Crippen LogP contribution in [0.2, 0.25) is 0 Å². The van der Waals surface area contributed by atoms with Gasteiger partial charge in [-0.1, -0.05) is 60.7 Å². The second kappa shape index (κ2) is 9.94. The maximum Gasteiger partial charge on any atom is 0.128 e. The number of rotatable bonds is 3. The van der Waals surface area contributed by atoms with E-state index < -0.39 is 0 Å². The summed E-state index contributed by atoms with van der Waals surface area (Å²) in [4.78, 5) is 10.3. The molecule has 0 radical (unpaired) electrons. The van der Waals surface area contributed by atoms with Crippen LogP contribution in [-0.4, -0.2) is 15.1 Å². The van der Waals surface area contributed by atoms with Gasteiger partial charge in [0.05, 0.1) is 21.5 Å². The summed E-state index contributed by atoms with van der Waals surface area (Å²) in [5.74, 6) is 0.233. The zero-order valence-corrected chi connectivity index (χ0v) is 24.8. The Hall–Kier alpha value is -3.89. The minimum Gasteiger partial charge on any atom is -0.507 e. The summed E-state index contributed by atoms with van der Waals surface area (Å²) < 4.78 is 3.49. The van der Waals surface area contributed by atoms with Crippen LogP contribution < -0.4 is 0 Å². The van der Waals surface area contributed by atoms with Gasteiger partial charge in [0.25, 0.3) is 0 Å². The number of para-hydroxylation sites is 2. The smallest absolute Gasteiger partial charge is 0.128 e. The molecule has 0 unspecified atom stereocenters. The third kappa shape index (κ3) is 3.96. The normalized spacial score (nSPS) is 11.4. The molecule has 8 rings (SSSR count). The molecule has 0 saturated heterocycles. The number of hydrogen-bond acceptors (Lipinski definition) is 5. The average molecular weight is 731 g/mol. The fourth-order valence-corrected chi connectivity index (χ4v) is 7.64. The molecular weight excluding hydrogens is 712 g/mol. The average Bonchev–Trinajstić information content (AvgIpc) is 3.59. The molecular formula is C34H19N2OPtS2-. The van der Waals surface area contributed by atoms with E-state index in [1.165, 1.54) is 26.2 Å². The Balaban J connectivity index is 0.00000264. The van der Waals surface area contributed by atoms with Crippen molar-refractivity contribution in [2.24, 2.45) is 0 Å². The van der Waals surface area contributed by atoms with Crippen molar-refractivity contribution in [3.63, 3.8) is 0 Å². The molecule has 3 nitrogen and oxygen atoms in total. The zero-order chi connectivity index (χ0) is 25.9. The molecule has 194 valence electrons. The van der Waals surface area contributed by atoms with E-state index in [1.54, 1.807) is 28.7 Å². The molecule has 8 aromatic rings. The number of aromatic hydroxyl groups is 1. The number of hydrogen-bond donors (Lipinski definition) is 1. The molecule has 6 heteroatoms. The second-order valence-corrected chi connectivity index (χ2v) is 11.5. The molecule has 0 bridgehead atoms. The first-order chi connectivity index (χ1) is 19.2. The third-order valence-corrected chi connectivity index (χ3v) is 9.46. The molecule has 3 heterocycles. The van der Waals surface area contributed by atoms with Crippen LogP contribution in [0, 0.1) is 6.07 Å².